The number of nitrogens with zero attached hydrogens (tertiary/aromatic N) is 2. The Hall–Kier alpha value is -2.21. The van der Waals surface area contributed by atoms with Gasteiger partial charge in [-0.25, -0.2) is 4.98 Å². The summed E-state index contributed by atoms with van der Waals surface area (Å²) in [5.41, 5.74) is 3.31. The van der Waals surface area contributed by atoms with Crippen LogP contribution in [0.25, 0.3) is 0 Å². The van der Waals surface area contributed by atoms with Crippen molar-refractivity contribution in [3.05, 3.63) is 40.9 Å². The van der Waals surface area contributed by atoms with Crippen LogP contribution < -0.4 is 10.2 Å². The second-order valence-corrected chi connectivity index (χ2v) is 6.76. The average Bonchev–Trinajstić information content (AvgIpc) is 3.23. The lowest BCUT2D eigenvalue weighted by atomic mass is 10.0. The zero-order chi connectivity index (χ0) is 17.1. The topological polar surface area (TPSA) is 62.3 Å². The van der Waals surface area contributed by atoms with Gasteiger partial charge in [0, 0.05) is 30.2 Å². The number of para-hydroxylation sites is 1. The molecular weight excluding hydrogens is 322 g/mol. The molecule has 0 bridgehead atoms. The average molecular weight is 343 g/mol. The monoisotopic (exact) mass is 343 g/mol. The number of benzene rings is 1. The number of carbonyl (C=O) groups is 2. The van der Waals surface area contributed by atoms with Crippen molar-refractivity contribution in [2.24, 2.45) is 5.92 Å². The fraction of sp³-hybridized carbons (Fsp3) is 0.389. The van der Waals surface area contributed by atoms with Crippen molar-refractivity contribution in [2.45, 2.75) is 33.1 Å². The van der Waals surface area contributed by atoms with Crippen molar-refractivity contribution in [1.29, 1.82) is 0 Å². The highest BCUT2D eigenvalue weighted by Crippen LogP contribution is 2.32. The highest BCUT2D eigenvalue weighted by molar-refractivity contribution is 7.13. The zero-order valence-corrected chi connectivity index (χ0v) is 14.7. The summed E-state index contributed by atoms with van der Waals surface area (Å²) in [6.45, 7) is 4.61. The second kappa shape index (κ2) is 7.13. The first-order valence-corrected chi connectivity index (χ1v) is 9.13. The van der Waals surface area contributed by atoms with Crippen LogP contribution in [-0.4, -0.2) is 23.3 Å². The second-order valence-electron chi connectivity index (χ2n) is 5.86. The number of anilines is 2. The summed E-state index contributed by atoms with van der Waals surface area (Å²) in [4.78, 5) is 30.8. The predicted molar refractivity (Wildman–Crippen MR) is 96.4 cm³/mol. The van der Waals surface area contributed by atoms with E-state index in [0.717, 1.165) is 29.7 Å². The Labute approximate surface area is 145 Å². The van der Waals surface area contributed by atoms with Gasteiger partial charge in [-0.3, -0.25) is 9.59 Å². The third-order valence-electron chi connectivity index (χ3n) is 4.39. The zero-order valence-electron chi connectivity index (χ0n) is 13.9. The summed E-state index contributed by atoms with van der Waals surface area (Å²) in [7, 11) is 0. The van der Waals surface area contributed by atoms with Crippen LogP contribution in [0.2, 0.25) is 0 Å². The van der Waals surface area contributed by atoms with Crippen molar-refractivity contribution in [2.75, 3.05) is 16.8 Å². The lowest BCUT2D eigenvalue weighted by molar-refractivity contribution is -0.122. The molecule has 3 rings (SSSR count). The number of thiazole rings is 1. The van der Waals surface area contributed by atoms with Crippen LogP contribution in [0.15, 0.2) is 29.8 Å². The lowest BCUT2D eigenvalue weighted by Crippen LogP contribution is -2.29. The molecule has 0 radical (unpaired) electrons. The van der Waals surface area contributed by atoms with Crippen LogP contribution in [-0.2, 0) is 22.4 Å². The van der Waals surface area contributed by atoms with E-state index in [0.29, 0.717) is 11.7 Å². The Morgan fingerprint density at radius 1 is 1.33 bits per heavy atom. The van der Waals surface area contributed by atoms with Gasteiger partial charge in [-0.05, 0) is 24.0 Å². The summed E-state index contributed by atoms with van der Waals surface area (Å²) < 4.78 is 0. The van der Waals surface area contributed by atoms with E-state index in [9.17, 15) is 9.59 Å². The Morgan fingerprint density at radius 2 is 2.04 bits per heavy atom. The van der Waals surface area contributed by atoms with E-state index >= 15 is 0 Å². The summed E-state index contributed by atoms with van der Waals surface area (Å²) in [5.74, 6) is -0.450. The molecule has 1 aromatic heterocycles. The SMILES string of the molecule is CCc1cccc(CC)c1N1C[C@@H](C(=O)Nc2nccs2)CC1=O. The van der Waals surface area contributed by atoms with Crippen LogP contribution >= 0.6 is 11.3 Å². The van der Waals surface area contributed by atoms with Gasteiger partial charge in [0.2, 0.25) is 11.8 Å². The van der Waals surface area contributed by atoms with Crippen molar-refractivity contribution >= 4 is 34.0 Å². The van der Waals surface area contributed by atoms with Gasteiger partial charge in [0.05, 0.1) is 5.92 Å². The third-order valence-corrected chi connectivity index (χ3v) is 5.08. The first kappa shape index (κ1) is 16.6. The van der Waals surface area contributed by atoms with Crippen LogP contribution in [0, 0.1) is 5.92 Å². The minimum absolute atomic E-state index is 0.0184. The molecule has 2 heterocycles. The maximum absolute atomic E-state index is 12.6. The minimum Gasteiger partial charge on any atom is -0.311 e. The number of hydrogen-bond donors (Lipinski definition) is 1. The summed E-state index contributed by atoms with van der Waals surface area (Å²) >= 11 is 1.38. The quantitative estimate of drug-likeness (QED) is 0.906. The molecule has 0 saturated carbocycles. The number of carbonyl (C=O) groups excluding carboxylic acids is 2. The molecule has 2 amide bonds. The fourth-order valence-electron chi connectivity index (χ4n) is 3.15. The molecule has 126 valence electrons. The molecule has 1 saturated heterocycles. The maximum Gasteiger partial charge on any atom is 0.231 e. The Balaban J connectivity index is 1.81. The molecule has 1 atom stereocenters. The van der Waals surface area contributed by atoms with E-state index in [1.54, 1.807) is 11.1 Å². The molecule has 0 aliphatic carbocycles. The smallest absolute Gasteiger partial charge is 0.231 e. The summed E-state index contributed by atoms with van der Waals surface area (Å²) in [5, 5.41) is 5.19. The standard InChI is InChI=1S/C18H21N3O2S/c1-3-12-6-5-7-13(4-2)16(12)21-11-14(10-15(21)22)17(23)20-18-19-8-9-24-18/h5-9,14H,3-4,10-11H2,1-2H3,(H,19,20,23)/t14-/m0/s1. The van der Waals surface area contributed by atoms with Crippen LogP contribution in [0.5, 0.6) is 0 Å². The first-order valence-electron chi connectivity index (χ1n) is 8.25. The van der Waals surface area contributed by atoms with Gasteiger partial charge < -0.3 is 10.2 Å². The van der Waals surface area contributed by atoms with E-state index < -0.39 is 0 Å². The molecule has 0 spiro atoms. The number of nitrogens with one attached hydrogen (secondary N) is 1. The van der Waals surface area contributed by atoms with E-state index in [-0.39, 0.29) is 24.2 Å². The number of amides is 2. The molecule has 0 unspecified atom stereocenters. The summed E-state index contributed by atoms with van der Waals surface area (Å²) in [6.07, 6.45) is 3.63. The van der Waals surface area contributed by atoms with Gasteiger partial charge in [-0.2, -0.15) is 0 Å². The molecule has 1 aromatic carbocycles. The third kappa shape index (κ3) is 3.19. The molecule has 2 aromatic rings. The molecule has 1 N–H and O–H groups in total. The highest BCUT2D eigenvalue weighted by atomic mass is 32.1. The van der Waals surface area contributed by atoms with E-state index in [4.69, 9.17) is 0 Å². The van der Waals surface area contributed by atoms with Crippen LogP contribution in [0.1, 0.15) is 31.4 Å². The fourth-order valence-corrected chi connectivity index (χ4v) is 3.69. The normalized spacial score (nSPS) is 17.3. The molecule has 1 fully saturated rings. The minimum atomic E-state index is -0.337. The van der Waals surface area contributed by atoms with Gasteiger partial charge >= 0.3 is 0 Å². The van der Waals surface area contributed by atoms with Crippen LogP contribution in [0.4, 0.5) is 10.8 Å². The van der Waals surface area contributed by atoms with Gasteiger partial charge in [0.1, 0.15) is 0 Å². The van der Waals surface area contributed by atoms with E-state index in [1.165, 1.54) is 11.3 Å². The molecule has 1 aliphatic rings. The highest BCUT2D eigenvalue weighted by Gasteiger charge is 2.36. The largest absolute Gasteiger partial charge is 0.311 e. The van der Waals surface area contributed by atoms with Crippen molar-refractivity contribution in [3.63, 3.8) is 0 Å². The predicted octanol–water partition coefficient (Wildman–Crippen LogP) is 3.26. The number of aryl methyl sites for hydroxylation is 2. The Bertz CT molecular complexity index is 720. The maximum atomic E-state index is 12.6. The van der Waals surface area contributed by atoms with Gasteiger partial charge in [-0.1, -0.05) is 32.0 Å². The summed E-state index contributed by atoms with van der Waals surface area (Å²) in [6, 6.07) is 6.16. The molecule has 24 heavy (non-hydrogen) atoms. The molecular formula is C18H21N3O2S. The Kier molecular flexibility index (Phi) is 4.94. The Morgan fingerprint density at radius 3 is 2.62 bits per heavy atom. The van der Waals surface area contributed by atoms with E-state index in [1.807, 2.05) is 11.4 Å². The van der Waals surface area contributed by atoms with Gasteiger partial charge in [0.25, 0.3) is 0 Å². The molecule has 1 aliphatic heterocycles. The van der Waals surface area contributed by atoms with Crippen LogP contribution in [0.3, 0.4) is 0 Å². The van der Waals surface area contributed by atoms with Crippen molar-refractivity contribution in [3.8, 4) is 0 Å². The van der Waals surface area contributed by atoms with Crippen molar-refractivity contribution in [1.82, 2.24) is 4.98 Å². The van der Waals surface area contributed by atoms with Gasteiger partial charge in [0.15, 0.2) is 5.13 Å². The first-order chi connectivity index (χ1) is 11.6. The van der Waals surface area contributed by atoms with Gasteiger partial charge in [-0.15, -0.1) is 11.3 Å². The lowest BCUT2D eigenvalue weighted by Gasteiger charge is -2.23. The number of rotatable bonds is 5. The molecule has 6 heteroatoms. The number of aromatic nitrogens is 1. The van der Waals surface area contributed by atoms with Crippen molar-refractivity contribution < 1.29 is 9.59 Å². The number of hydrogen-bond acceptors (Lipinski definition) is 4. The molecule has 5 nitrogen and oxygen atoms in total. The van der Waals surface area contributed by atoms with E-state index in [2.05, 4.69) is 36.3 Å².